The molecule has 0 N–H and O–H groups in total. The number of anilines is 1. The molecule has 0 unspecified atom stereocenters. The summed E-state index contributed by atoms with van der Waals surface area (Å²) < 4.78 is 0. The van der Waals surface area contributed by atoms with Crippen LogP contribution < -0.4 is 4.90 Å². The number of thioether (sulfide) groups is 1. The van der Waals surface area contributed by atoms with Crippen LogP contribution in [0.25, 0.3) is 0 Å². The molecular formula is C14H15NO2S. The molecule has 0 aliphatic carbocycles. The highest BCUT2D eigenvalue weighted by Crippen LogP contribution is 2.48. The van der Waals surface area contributed by atoms with Crippen LogP contribution in [-0.2, 0) is 15.0 Å². The number of carbonyl (C=O) groups excluding carboxylic acids is 2. The van der Waals surface area contributed by atoms with Crippen LogP contribution in [0.4, 0.5) is 5.69 Å². The third kappa shape index (κ3) is 1.52. The Kier molecular flexibility index (Phi) is 2.90. The number of hydrogen-bond donors (Lipinski definition) is 0. The molecule has 3 nitrogen and oxygen atoms in total. The molecule has 1 spiro atoms. The lowest BCUT2D eigenvalue weighted by molar-refractivity contribution is -0.124. The van der Waals surface area contributed by atoms with Gasteiger partial charge in [-0.3, -0.25) is 4.79 Å². The first-order valence-electron chi connectivity index (χ1n) is 6.22. The standard InChI is InChI=1S/C14H15NO2S/c16-8-7-15-12-4-2-1-3-11(12)14(13(15)17)5-9-18-10-6-14/h1-4,8H,5-7,9-10H2. The molecular weight excluding hydrogens is 246 g/mol. The number of amides is 1. The highest BCUT2D eigenvalue weighted by molar-refractivity contribution is 7.99. The van der Waals surface area contributed by atoms with E-state index < -0.39 is 0 Å². The topological polar surface area (TPSA) is 37.4 Å². The van der Waals surface area contributed by atoms with Crippen molar-refractivity contribution in [1.82, 2.24) is 0 Å². The number of hydrogen-bond acceptors (Lipinski definition) is 3. The second-order valence-electron chi connectivity index (χ2n) is 4.79. The zero-order valence-electron chi connectivity index (χ0n) is 10.1. The molecule has 3 rings (SSSR count). The highest BCUT2D eigenvalue weighted by Gasteiger charge is 2.50. The lowest BCUT2D eigenvalue weighted by Gasteiger charge is -2.32. The van der Waals surface area contributed by atoms with E-state index in [9.17, 15) is 9.59 Å². The lowest BCUT2D eigenvalue weighted by Crippen LogP contribution is -2.43. The van der Waals surface area contributed by atoms with E-state index in [1.165, 1.54) is 0 Å². The van der Waals surface area contributed by atoms with Crippen LogP contribution in [-0.4, -0.2) is 30.2 Å². The molecule has 1 fully saturated rings. The van der Waals surface area contributed by atoms with Crippen molar-refractivity contribution in [3.8, 4) is 0 Å². The van der Waals surface area contributed by atoms with Gasteiger partial charge in [0, 0.05) is 5.69 Å². The molecule has 18 heavy (non-hydrogen) atoms. The van der Waals surface area contributed by atoms with Gasteiger partial charge in [0.05, 0.1) is 12.0 Å². The van der Waals surface area contributed by atoms with Crippen LogP contribution in [0.5, 0.6) is 0 Å². The van der Waals surface area contributed by atoms with Crippen molar-refractivity contribution in [1.29, 1.82) is 0 Å². The van der Waals surface area contributed by atoms with E-state index in [2.05, 4.69) is 0 Å². The van der Waals surface area contributed by atoms with E-state index in [1.54, 1.807) is 4.90 Å². The largest absolute Gasteiger partial charge is 0.304 e. The van der Waals surface area contributed by atoms with Crippen molar-refractivity contribution in [3.63, 3.8) is 0 Å². The Balaban J connectivity index is 2.11. The van der Waals surface area contributed by atoms with Crippen molar-refractivity contribution >= 4 is 29.6 Å². The van der Waals surface area contributed by atoms with Gasteiger partial charge < -0.3 is 9.69 Å². The zero-order chi connectivity index (χ0) is 12.6. The van der Waals surface area contributed by atoms with Crippen molar-refractivity contribution in [2.24, 2.45) is 0 Å². The van der Waals surface area contributed by atoms with Gasteiger partial charge in [0.25, 0.3) is 0 Å². The average molecular weight is 261 g/mol. The number of fused-ring (bicyclic) bond motifs is 2. The molecule has 2 aliphatic heterocycles. The normalized spacial score (nSPS) is 21.1. The monoisotopic (exact) mass is 261 g/mol. The summed E-state index contributed by atoms with van der Waals surface area (Å²) in [5.74, 6) is 2.17. The van der Waals surface area contributed by atoms with Crippen LogP contribution in [0.15, 0.2) is 24.3 Å². The zero-order valence-corrected chi connectivity index (χ0v) is 10.9. The first-order valence-corrected chi connectivity index (χ1v) is 7.38. The maximum absolute atomic E-state index is 12.7. The average Bonchev–Trinajstić information content (AvgIpc) is 2.64. The summed E-state index contributed by atoms with van der Waals surface area (Å²) in [5, 5.41) is 0. The molecule has 1 saturated heterocycles. The summed E-state index contributed by atoms with van der Waals surface area (Å²) in [4.78, 5) is 25.1. The molecule has 2 aliphatic rings. The van der Waals surface area contributed by atoms with Crippen LogP contribution in [0, 0.1) is 0 Å². The van der Waals surface area contributed by atoms with Crippen LogP contribution in [0.2, 0.25) is 0 Å². The Morgan fingerprint density at radius 2 is 2.00 bits per heavy atom. The van der Waals surface area contributed by atoms with Crippen molar-refractivity contribution in [2.75, 3.05) is 23.0 Å². The number of aldehydes is 1. The van der Waals surface area contributed by atoms with E-state index >= 15 is 0 Å². The molecule has 0 atom stereocenters. The molecule has 4 heteroatoms. The van der Waals surface area contributed by atoms with E-state index in [4.69, 9.17) is 0 Å². The molecule has 94 valence electrons. The predicted octanol–water partition coefficient (Wildman–Crippen LogP) is 2.00. The Hall–Kier alpha value is -1.29. The maximum atomic E-state index is 12.7. The number of rotatable bonds is 2. The number of carbonyl (C=O) groups is 2. The highest BCUT2D eigenvalue weighted by atomic mass is 32.2. The lowest BCUT2D eigenvalue weighted by atomic mass is 9.76. The van der Waals surface area contributed by atoms with Gasteiger partial charge in [-0.1, -0.05) is 18.2 Å². The Labute approximate surface area is 111 Å². The number of benzene rings is 1. The van der Waals surface area contributed by atoms with Crippen molar-refractivity contribution in [3.05, 3.63) is 29.8 Å². The molecule has 1 aromatic rings. The summed E-state index contributed by atoms with van der Waals surface area (Å²) in [6, 6.07) is 7.92. The van der Waals surface area contributed by atoms with Crippen LogP contribution in [0.3, 0.4) is 0 Å². The minimum absolute atomic E-state index is 0.121. The Morgan fingerprint density at radius 3 is 2.72 bits per heavy atom. The first-order chi connectivity index (χ1) is 8.79. The second-order valence-corrected chi connectivity index (χ2v) is 6.02. The Morgan fingerprint density at radius 1 is 1.28 bits per heavy atom. The fraction of sp³-hybridized carbons (Fsp3) is 0.429. The fourth-order valence-electron chi connectivity index (χ4n) is 3.06. The molecule has 1 aromatic carbocycles. The van der Waals surface area contributed by atoms with Gasteiger partial charge >= 0.3 is 0 Å². The minimum atomic E-state index is -0.356. The first kappa shape index (κ1) is 11.8. The van der Waals surface area contributed by atoms with Gasteiger partial charge in [0.2, 0.25) is 5.91 Å². The quantitative estimate of drug-likeness (QED) is 0.764. The molecule has 2 heterocycles. The third-order valence-electron chi connectivity index (χ3n) is 3.97. The molecule has 0 saturated carbocycles. The van der Waals surface area contributed by atoms with E-state index in [0.717, 1.165) is 41.9 Å². The fourth-order valence-corrected chi connectivity index (χ4v) is 4.25. The van der Waals surface area contributed by atoms with Crippen LogP contribution >= 0.6 is 11.8 Å². The molecule has 1 amide bonds. The number of nitrogens with zero attached hydrogens (tertiary/aromatic N) is 1. The SMILES string of the molecule is O=CCN1C(=O)C2(CCSCC2)c2ccccc21. The molecule has 0 bridgehead atoms. The Bertz CT molecular complexity index is 494. The van der Waals surface area contributed by atoms with Gasteiger partial charge in [-0.15, -0.1) is 0 Å². The number of para-hydroxylation sites is 1. The summed E-state index contributed by atoms with van der Waals surface area (Å²) >= 11 is 1.91. The molecule has 0 aromatic heterocycles. The summed E-state index contributed by atoms with van der Waals surface area (Å²) in [7, 11) is 0. The van der Waals surface area contributed by atoms with Crippen molar-refractivity contribution < 1.29 is 9.59 Å². The van der Waals surface area contributed by atoms with E-state index in [-0.39, 0.29) is 17.9 Å². The van der Waals surface area contributed by atoms with Gasteiger partial charge in [0.1, 0.15) is 6.29 Å². The van der Waals surface area contributed by atoms with Gasteiger partial charge in [0.15, 0.2) is 0 Å². The van der Waals surface area contributed by atoms with Gasteiger partial charge in [-0.2, -0.15) is 11.8 Å². The van der Waals surface area contributed by atoms with E-state index in [0.29, 0.717) is 0 Å². The maximum Gasteiger partial charge on any atom is 0.238 e. The van der Waals surface area contributed by atoms with E-state index in [1.807, 2.05) is 36.0 Å². The van der Waals surface area contributed by atoms with Gasteiger partial charge in [-0.25, -0.2) is 0 Å². The minimum Gasteiger partial charge on any atom is -0.304 e. The smallest absolute Gasteiger partial charge is 0.238 e. The summed E-state index contributed by atoms with van der Waals surface area (Å²) in [5.41, 5.74) is 1.70. The third-order valence-corrected chi connectivity index (χ3v) is 4.95. The summed E-state index contributed by atoms with van der Waals surface area (Å²) in [6.45, 7) is 0.171. The predicted molar refractivity (Wildman–Crippen MR) is 73.1 cm³/mol. The van der Waals surface area contributed by atoms with Crippen LogP contribution in [0.1, 0.15) is 18.4 Å². The summed E-state index contributed by atoms with van der Waals surface area (Å²) in [6.07, 6.45) is 2.59. The van der Waals surface area contributed by atoms with Gasteiger partial charge in [-0.05, 0) is 36.0 Å². The second kappa shape index (κ2) is 4.43. The van der Waals surface area contributed by atoms with Crippen molar-refractivity contribution in [2.45, 2.75) is 18.3 Å². The molecule has 0 radical (unpaired) electrons.